The first-order valence-corrected chi connectivity index (χ1v) is 5.71. The number of hydrogen-bond donors (Lipinski definition) is 1. The largest absolute Gasteiger partial charge is 0.340 e. The Morgan fingerprint density at radius 3 is 3.13 bits per heavy atom. The van der Waals surface area contributed by atoms with Crippen LogP contribution in [-0.4, -0.2) is 9.97 Å². The lowest BCUT2D eigenvalue weighted by molar-refractivity contribution is 0.766. The van der Waals surface area contributed by atoms with E-state index in [1.807, 2.05) is 24.4 Å². The van der Waals surface area contributed by atoms with Crippen LogP contribution in [0.15, 0.2) is 23.7 Å². The number of imidazole rings is 1. The predicted octanol–water partition coefficient (Wildman–Crippen LogP) is 3.16. The third-order valence-corrected chi connectivity index (χ3v) is 3.18. The van der Waals surface area contributed by atoms with Crippen LogP contribution in [0.1, 0.15) is 25.1 Å². The molecule has 0 amide bonds. The highest BCUT2D eigenvalue weighted by Gasteiger charge is 2.12. The second-order valence-electron chi connectivity index (χ2n) is 3.25. The predicted molar refractivity (Wildman–Crippen MR) is 60.5 cm³/mol. The molecular formula is C11H11N3S. The van der Waals surface area contributed by atoms with Crippen LogP contribution in [0.25, 0.3) is 10.6 Å². The minimum Gasteiger partial charge on any atom is -0.340 e. The summed E-state index contributed by atoms with van der Waals surface area (Å²) in [5, 5.41) is 10.9. The Balaban J connectivity index is 2.29. The van der Waals surface area contributed by atoms with Gasteiger partial charge in [0.2, 0.25) is 0 Å². The highest BCUT2D eigenvalue weighted by atomic mass is 32.1. The van der Waals surface area contributed by atoms with Crippen LogP contribution in [0, 0.1) is 11.3 Å². The molecule has 15 heavy (non-hydrogen) atoms. The molecule has 0 saturated heterocycles. The lowest BCUT2D eigenvalue weighted by atomic mass is 10.1. The monoisotopic (exact) mass is 217 g/mol. The summed E-state index contributed by atoms with van der Waals surface area (Å²) in [5.41, 5.74) is 0.994. The van der Waals surface area contributed by atoms with E-state index in [4.69, 9.17) is 5.26 Å². The fourth-order valence-electron chi connectivity index (χ4n) is 1.42. The van der Waals surface area contributed by atoms with Crippen LogP contribution in [0.2, 0.25) is 0 Å². The molecule has 4 heteroatoms. The van der Waals surface area contributed by atoms with Gasteiger partial charge in [-0.15, -0.1) is 11.3 Å². The van der Waals surface area contributed by atoms with Crippen LogP contribution in [0.5, 0.6) is 0 Å². The summed E-state index contributed by atoms with van der Waals surface area (Å²) in [6.07, 6.45) is 2.58. The molecule has 1 N–H and O–H groups in total. The van der Waals surface area contributed by atoms with Crippen LogP contribution >= 0.6 is 11.3 Å². The van der Waals surface area contributed by atoms with Crippen LogP contribution in [0.4, 0.5) is 0 Å². The summed E-state index contributed by atoms with van der Waals surface area (Å²) >= 11 is 1.66. The smallest absolute Gasteiger partial charge is 0.123 e. The topological polar surface area (TPSA) is 52.5 Å². The number of hydrogen-bond acceptors (Lipinski definition) is 3. The molecule has 2 heterocycles. The molecule has 2 aromatic heterocycles. The normalized spacial score (nSPS) is 12.3. The molecule has 2 aromatic rings. The maximum Gasteiger partial charge on any atom is 0.123 e. The van der Waals surface area contributed by atoms with Gasteiger partial charge in [0.15, 0.2) is 0 Å². The van der Waals surface area contributed by atoms with Crippen molar-refractivity contribution in [3.63, 3.8) is 0 Å². The van der Waals surface area contributed by atoms with Gasteiger partial charge in [0.1, 0.15) is 11.7 Å². The van der Waals surface area contributed by atoms with Crippen molar-refractivity contribution in [2.45, 2.75) is 19.3 Å². The van der Waals surface area contributed by atoms with Crippen molar-refractivity contribution in [2.24, 2.45) is 0 Å². The first-order chi connectivity index (χ1) is 7.35. The molecule has 76 valence electrons. The third kappa shape index (κ3) is 1.92. The van der Waals surface area contributed by atoms with Gasteiger partial charge in [-0.25, -0.2) is 4.98 Å². The van der Waals surface area contributed by atoms with Crippen molar-refractivity contribution in [3.05, 3.63) is 29.5 Å². The molecule has 1 unspecified atom stereocenters. The van der Waals surface area contributed by atoms with E-state index in [9.17, 15) is 0 Å². The summed E-state index contributed by atoms with van der Waals surface area (Å²) in [6.45, 7) is 1.99. The van der Waals surface area contributed by atoms with Crippen molar-refractivity contribution >= 4 is 11.3 Å². The number of H-pyrrole nitrogens is 1. The minimum absolute atomic E-state index is 0.126. The highest BCUT2D eigenvalue weighted by Crippen LogP contribution is 2.24. The summed E-state index contributed by atoms with van der Waals surface area (Å²) < 4.78 is 0. The second kappa shape index (κ2) is 4.28. The molecule has 3 nitrogen and oxygen atoms in total. The fourth-order valence-corrected chi connectivity index (χ4v) is 2.11. The van der Waals surface area contributed by atoms with Gasteiger partial charge in [-0.05, 0) is 17.9 Å². The van der Waals surface area contributed by atoms with E-state index in [2.05, 4.69) is 16.0 Å². The molecule has 0 aliphatic heterocycles. The van der Waals surface area contributed by atoms with E-state index in [0.717, 1.165) is 22.8 Å². The Morgan fingerprint density at radius 2 is 2.53 bits per heavy atom. The summed E-state index contributed by atoms with van der Waals surface area (Å²) in [4.78, 5) is 8.59. The standard InChI is InChI=1S/C11H11N3S/c1-2-8(6-12)11-13-7-9(14-11)10-4-3-5-15-10/h3-5,7-8H,2H2,1H3,(H,13,14). The zero-order valence-corrected chi connectivity index (χ0v) is 9.21. The van der Waals surface area contributed by atoms with E-state index >= 15 is 0 Å². The van der Waals surface area contributed by atoms with Crippen LogP contribution in [0.3, 0.4) is 0 Å². The molecule has 2 rings (SSSR count). The minimum atomic E-state index is -0.126. The molecule has 0 aromatic carbocycles. The van der Waals surface area contributed by atoms with E-state index in [0.29, 0.717) is 0 Å². The molecule has 0 aliphatic carbocycles. The Labute approximate surface area is 92.4 Å². The zero-order valence-electron chi connectivity index (χ0n) is 8.40. The number of nitriles is 1. The maximum atomic E-state index is 8.91. The van der Waals surface area contributed by atoms with Crippen molar-refractivity contribution in [1.29, 1.82) is 5.26 Å². The van der Waals surface area contributed by atoms with Gasteiger partial charge in [-0.2, -0.15) is 5.26 Å². The number of aromatic amines is 1. The number of nitrogens with zero attached hydrogens (tertiary/aromatic N) is 2. The average molecular weight is 217 g/mol. The molecule has 0 saturated carbocycles. The number of nitrogens with one attached hydrogen (secondary N) is 1. The summed E-state index contributed by atoms with van der Waals surface area (Å²) in [6, 6.07) is 6.28. The SMILES string of the molecule is CCC(C#N)c1ncc(-c2cccs2)[nH]1. The van der Waals surface area contributed by atoms with Crippen molar-refractivity contribution < 1.29 is 0 Å². The van der Waals surface area contributed by atoms with E-state index in [1.165, 1.54) is 0 Å². The van der Waals surface area contributed by atoms with E-state index < -0.39 is 0 Å². The summed E-state index contributed by atoms with van der Waals surface area (Å²) in [5.74, 6) is 0.641. The first kappa shape index (κ1) is 9.94. The van der Waals surface area contributed by atoms with E-state index in [-0.39, 0.29) is 5.92 Å². The molecule has 1 atom stereocenters. The zero-order chi connectivity index (χ0) is 10.7. The van der Waals surface area contributed by atoms with E-state index in [1.54, 1.807) is 17.5 Å². The highest BCUT2D eigenvalue weighted by molar-refractivity contribution is 7.13. The Morgan fingerprint density at radius 1 is 1.67 bits per heavy atom. The van der Waals surface area contributed by atoms with Crippen LogP contribution < -0.4 is 0 Å². The maximum absolute atomic E-state index is 8.91. The molecule has 0 bridgehead atoms. The fraction of sp³-hybridized carbons (Fsp3) is 0.273. The Hall–Kier alpha value is -1.60. The van der Waals surface area contributed by atoms with Gasteiger partial charge in [0.25, 0.3) is 0 Å². The van der Waals surface area contributed by atoms with Gasteiger partial charge in [0.05, 0.1) is 22.8 Å². The molecular weight excluding hydrogens is 206 g/mol. The van der Waals surface area contributed by atoms with Gasteiger partial charge >= 0.3 is 0 Å². The van der Waals surface area contributed by atoms with Gasteiger partial charge < -0.3 is 4.98 Å². The molecule has 0 fully saturated rings. The van der Waals surface area contributed by atoms with Gasteiger partial charge in [0, 0.05) is 0 Å². The quantitative estimate of drug-likeness (QED) is 0.858. The number of thiophene rings is 1. The van der Waals surface area contributed by atoms with Gasteiger partial charge in [-0.1, -0.05) is 13.0 Å². The molecule has 0 spiro atoms. The van der Waals surface area contributed by atoms with Crippen molar-refractivity contribution in [1.82, 2.24) is 9.97 Å². The first-order valence-electron chi connectivity index (χ1n) is 4.83. The second-order valence-corrected chi connectivity index (χ2v) is 4.20. The molecule has 0 aliphatic rings. The number of rotatable bonds is 3. The Kier molecular flexibility index (Phi) is 2.84. The van der Waals surface area contributed by atoms with Crippen LogP contribution in [-0.2, 0) is 0 Å². The Bertz CT molecular complexity index is 464. The average Bonchev–Trinajstić information content (AvgIpc) is 2.89. The lowest BCUT2D eigenvalue weighted by Gasteiger charge is -1.99. The lowest BCUT2D eigenvalue weighted by Crippen LogP contribution is -1.95. The summed E-state index contributed by atoms with van der Waals surface area (Å²) in [7, 11) is 0. The van der Waals surface area contributed by atoms with Gasteiger partial charge in [-0.3, -0.25) is 0 Å². The van der Waals surface area contributed by atoms with Crippen molar-refractivity contribution in [3.8, 4) is 16.6 Å². The van der Waals surface area contributed by atoms with Crippen molar-refractivity contribution in [2.75, 3.05) is 0 Å². The number of aromatic nitrogens is 2. The third-order valence-electron chi connectivity index (χ3n) is 2.28. The molecule has 0 radical (unpaired) electrons.